The summed E-state index contributed by atoms with van der Waals surface area (Å²) in [5, 5.41) is 4.06. The van der Waals surface area contributed by atoms with Gasteiger partial charge in [0.1, 0.15) is 11.7 Å². The predicted octanol–water partition coefficient (Wildman–Crippen LogP) is 4.70. The van der Waals surface area contributed by atoms with Gasteiger partial charge in [0.2, 0.25) is 0 Å². The molecule has 2 heterocycles. The molecule has 0 aliphatic heterocycles. The summed E-state index contributed by atoms with van der Waals surface area (Å²) in [4.78, 5) is 13.3. The van der Waals surface area contributed by atoms with Crippen LogP contribution in [0.4, 0.5) is 10.9 Å². The predicted molar refractivity (Wildman–Crippen MR) is 112 cm³/mol. The lowest BCUT2D eigenvalue weighted by Gasteiger charge is -2.02. The molecular formula is C17H21Cl2N5S. The van der Waals surface area contributed by atoms with E-state index in [9.17, 15) is 0 Å². The molecule has 0 spiro atoms. The molecule has 0 atom stereocenters. The molecule has 0 amide bonds. The Hall–Kier alpha value is -1.89. The molecule has 0 unspecified atom stereocenters. The van der Waals surface area contributed by atoms with Gasteiger partial charge in [0.15, 0.2) is 5.13 Å². The number of nitrogens with two attached hydrogens (primary N) is 1. The fourth-order valence-electron chi connectivity index (χ4n) is 2.20. The number of hydrogen-bond acceptors (Lipinski definition) is 5. The third kappa shape index (κ3) is 5.29. The Bertz CT molecular complexity index is 876. The molecule has 2 aromatic heterocycles. The molecule has 25 heavy (non-hydrogen) atoms. The smallest absolute Gasteiger partial charge is 0.189 e. The summed E-state index contributed by atoms with van der Waals surface area (Å²) < 4.78 is 1.07. The van der Waals surface area contributed by atoms with E-state index in [0.717, 1.165) is 32.3 Å². The van der Waals surface area contributed by atoms with E-state index >= 15 is 0 Å². The minimum Gasteiger partial charge on any atom is -0.383 e. The lowest BCUT2D eigenvalue weighted by Crippen LogP contribution is -2.15. The normalized spacial score (nSPS) is 11.1. The molecule has 0 aliphatic rings. The number of benzene rings is 1. The summed E-state index contributed by atoms with van der Waals surface area (Å²) in [5.41, 5.74) is 9.06. The van der Waals surface area contributed by atoms with Crippen molar-refractivity contribution < 1.29 is 0 Å². The second-order valence-corrected chi connectivity index (χ2v) is 6.68. The van der Waals surface area contributed by atoms with E-state index in [0.29, 0.717) is 5.84 Å². The van der Waals surface area contributed by atoms with Gasteiger partial charge in [-0.2, -0.15) is 0 Å². The molecular weight excluding hydrogens is 377 g/mol. The van der Waals surface area contributed by atoms with Gasteiger partial charge in [0.25, 0.3) is 0 Å². The van der Waals surface area contributed by atoms with Crippen molar-refractivity contribution in [3.8, 4) is 0 Å². The van der Waals surface area contributed by atoms with Gasteiger partial charge in [-0.1, -0.05) is 11.3 Å². The summed E-state index contributed by atoms with van der Waals surface area (Å²) in [6, 6.07) is 10.1. The lowest BCUT2D eigenvalue weighted by molar-refractivity contribution is 0.834. The number of thiazole rings is 1. The summed E-state index contributed by atoms with van der Waals surface area (Å²) in [6.45, 7) is 6.05. The third-order valence-electron chi connectivity index (χ3n) is 3.23. The number of halogens is 2. The first kappa shape index (κ1) is 21.2. The zero-order valence-corrected chi connectivity index (χ0v) is 16.6. The fraction of sp³-hybridized carbons (Fsp3) is 0.235. The average Bonchev–Trinajstić information content (AvgIpc) is 2.87. The van der Waals surface area contributed by atoms with E-state index in [1.54, 1.807) is 17.5 Å². The van der Waals surface area contributed by atoms with Crippen molar-refractivity contribution in [1.82, 2.24) is 9.97 Å². The van der Waals surface area contributed by atoms with Crippen molar-refractivity contribution in [2.24, 2.45) is 10.7 Å². The molecule has 0 fully saturated rings. The highest BCUT2D eigenvalue weighted by Crippen LogP contribution is 2.28. The number of aliphatic imine (C=N–C) groups is 1. The largest absolute Gasteiger partial charge is 0.383 e. The summed E-state index contributed by atoms with van der Waals surface area (Å²) in [5.74, 6) is 1.36. The Morgan fingerprint density at radius 2 is 1.96 bits per heavy atom. The van der Waals surface area contributed by atoms with Crippen molar-refractivity contribution in [2.45, 2.75) is 26.8 Å². The Morgan fingerprint density at radius 1 is 1.20 bits per heavy atom. The average molecular weight is 398 g/mol. The Morgan fingerprint density at radius 3 is 2.64 bits per heavy atom. The van der Waals surface area contributed by atoms with Gasteiger partial charge in [-0.3, -0.25) is 4.99 Å². The van der Waals surface area contributed by atoms with E-state index in [4.69, 9.17) is 5.73 Å². The lowest BCUT2D eigenvalue weighted by atomic mass is 10.2. The Labute approximate surface area is 163 Å². The highest BCUT2D eigenvalue weighted by Gasteiger charge is 2.08. The number of nitrogens with one attached hydrogen (secondary N) is 1. The van der Waals surface area contributed by atoms with E-state index in [1.165, 1.54) is 0 Å². The van der Waals surface area contributed by atoms with Crippen LogP contribution in [-0.4, -0.2) is 21.8 Å². The van der Waals surface area contributed by atoms with Crippen LogP contribution in [0.1, 0.15) is 25.0 Å². The number of anilines is 2. The van der Waals surface area contributed by atoms with Crippen LogP contribution in [0.2, 0.25) is 0 Å². The van der Waals surface area contributed by atoms with Crippen molar-refractivity contribution in [2.75, 3.05) is 5.32 Å². The van der Waals surface area contributed by atoms with Gasteiger partial charge >= 0.3 is 0 Å². The number of aromatic nitrogens is 2. The first-order chi connectivity index (χ1) is 11.0. The van der Waals surface area contributed by atoms with Gasteiger partial charge in [-0.15, -0.1) is 24.8 Å². The number of pyridine rings is 1. The Kier molecular flexibility index (Phi) is 7.60. The maximum absolute atomic E-state index is 6.04. The third-order valence-corrected chi connectivity index (χ3v) is 4.17. The molecule has 1 aromatic carbocycles. The first-order valence-electron chi connectivity index (χ1n) is 7.45. The van der Waals surface area contributed by atoms with Gasteiger partial charge in [0, 0.05) is 17.8 Å². The number of fused-ring (bicyclic) bond motifs is 1. The molecule has 134 valence electrons. The maximum atomic E-state index is 6.04. The summed E-state index contributed by atoms with van der Waals surface area (Å²) in [7, 11) is 0. The van der Waals surface area contributed by atoms with E-state index in [2.05, 4.69) is 20.3 Å². The van der Waals surface area contributed by atoms with Crippen LogP contribution < -0.4 is 11.1 Å². The molecule has 0 radical (unpaired) electrons. The van der Waals surface area contributed by atoms with Crippen LogP contribution in [0, 0.1) is 6.92 Å². The van der Waals surface area contributed by atoms with Crippen molar-refractivity contribution in [3.05, 3.63) is 47.7 Å². The zero-order chi connectivity index (χ0) is 16.4. The molecule has 3 rings (SSSR count). The van der Waals surface area contributed by atoms with Gasteiger partial charge in [-0.05, 0) is 56.7 Å². The van der Waals surface area contributed by atoms with Crippen LogP contribution in [0.15, 0.2) is 41.5 Å². The van der Waals surface area contributed by atoms with Gasteiger partial charge in [0.05, 0.1) is 10.2 Å². The van der Waals surface area contributed by atoms with Crippen LogP contribution >= 0.6 is 36.2 Å². The van der Waals surface area contributed by atoms with Crippen molar-refractivity contribution >= 4 is 63.2 Å². The van der Waals surface area contributed by atoms with E-state index < -0.39 is 0 Å². The molecule has 0 saturated carbocycles. The number of rotatable bonds is 4. The molecule has 0 bridgehead atoms. The van der Waals surface area contributed by atoms with Crippen LogP contribution in [0.25, 0.3) is 10.2 Å². The molecule has 0 aliphatic carbocycles. The van der Waals surface area contributed by atoms with Gasteiger partial charge < -0.3 is 11.1 Å². The fourth-order valence-corrected chi connectivity index (χ4v) is 3.12. The first-order valence-corrected chi connectivity index (χ1v) is 8.27. The highest BCUT2D eigenvalue weighted by molar-refractivity contribution is 7.22. The number of nitrogens with zero attached hydrogens (tertiary/aromatic N) is 3. The SMILES string of the molecule is Cc1ccnc(Nc2nc3ccc(C(N)=NC(C)C)cc3s2)c1.Cl.Cl. The monoisotopic (exact) mass is 397 g/mol. The van der Waals surface area contributed by atoms with E-state index in [-0.39, 0.29) is 30.9 Å². The molecule has 0 saturated heterocycles. The maximum Gasteiger partial charge on any atom is 0.189 e. The number of aryl methyl sites for hydroxylation is 1. The molecule has 3 aromatic rings. The molecule has 8 heteroatoms. The minimum atomic E-state index is 0. The van der Waals surface area contributed by atoms with Crippen LogP contribution in [-0.2, 0) is 0 Å². The quantitative estimate of drug-likeness (QED) is 0.493. The molecule has 3 N–H and O–H groups in total. The van der Waals surface area contributed by atoms with Crippen molar-refractivity contribution in [3.63, 3.8) is 0 Å². The van der Waals surface area contributed by atoms with Crippen LogP contribution in [0.5, 0.6) is 0 Å². The molecule has 5 nitrogen and oxygen atoms in total. The highest BCUT2D eigenvalue weighted by atomic mass is 35.5. The second kappa shape index (κ2) is 8.99. The standard InChI is InChI=1S/C17H19N5S.2ClH/c1-10(2)20-16(18)12-4-5-13-14(9-12)23-17(21-13)22-15-8-11(3)6-7-19-15;;/h4-10H,1-3H3,(H2,18,20)(H,19,21,22);2*1H. The Balaban J connectivity index is 0.00000156. The summed E-state index contributed by atoms with van der Waals surface area (Å²) in [6.07, 6.45) is 1.78. The van der Waals surface area contributed by atoms with Crippen molar-refractivity contribution in [1.29, 1.82) is 0 Å². The number of amidine groups is 1. The number of hydrogen-bond donors (Lipinski definition) is 2. The van der Waals surface area contributed by atoms with E-state index in [1.807, 2.05) is 51.1 Å². The van der Waals surface area contributed by atoms with Gasteiger partial charge in [-0.25, -0.2) is 9.97 Å². The van der Waals surface area contributed by atoms with Crippen LogP contribution in [0.3, 0.4) is 0 Å². The minimum absolute atomic E-state index is 0. The summed E-state index contributed by atoms with van der Waals surface area (Å²) >= 11 is 1.58. The topological polar surface area (TPSA) is 76.2 Å². The zero-order valence-electron chi connectivity index (χ0n) is 14.2. The second-order valence-electron chi connectivity index (χ2n) is 5.65.